The summed E-state index contributed by atoms with van der Waals surface area (Å²) in [6.07, 6.45) is 6.11. The van der Waals surface area contributed by atoms with Gasteiger partial charge in [-0.2, -0.15) is 5.26 Å². The van der Waals surface area contributed by atoms with Crippen LogP contribution in [0.4, 0.5) is 0 Å². The lowest BCUT2D eigenvalue weighted by Gasteiger charge is -2.10. The highest BCUT2D eigenvalue weighted by Gasteiger charge is 2.01. The number of aromatic nitrogens is 1. The van der Waals surface area contributed by atoms with E-state index in [1.165, 1.54) is 0 Å². The second kappa shape index (κ2) is 7.70. The van der Waals surface area contributed by atoms with Gasteiger partial charge < -0.3 is 15.4 Å². The van der Waals surface area contributed by atoms with Gasteiger partial charge in [0, 0.05) is 36.8 Å². The van der Waals surface area contributed by atoms with E-state index >= 15 is 0 Å². The number of guanidine groups is 1. The fraction of sp³-hybridized carbons (Fsp3) is 0.267. The molecule has 0 spiro atoms. The van der Waals surface area contributed by atoms with Gasteiger partial charge in [0.15, 0.2) is 0 Å². The van der Waals surface area contributed by atoms with E-state index in [0.29, 0.717) is 19.1 Å². The molecule has 0 aliphatic heterocycles. The van der Waals surface area contributed by atoms with Crippen LogP contribution in [0.25, 0.3) is 10.8 Å². The lowest BCUT2D eigenvalue weighted by molar-refractivity contribution is 0.315. The van der Waals surface area contributed by atoms with Gasteiger partial charge in [-0.25, -0.2) is 0 Å². The molecule has 0 atom stereocenters. The summed E-state index contributed by atoms with van der Waals surface area (Å²) >= 11 is 0. The highest BCUT2D eigenvalue weighted by atomic mass is 16.5. The first-order valence-electron chi connectivity index (χ1n) is 6.69. The number of rotatable bonds is 5. The number of benzene rings is 1. The maximum Gasteiger partial charge on any atom is 0.209 e. The van der Waals surface area contributed by atoms with Gasteiger partial charge >= 0.3 is 0 Å². The van der Waals surface area contributed by atoms with Gasteiger partial charge in [0.2, 0.25) is 12.2 Å². The Kier molecular flexibility index (Phi) is 5.35. The van der Waals surface area contributed by atoms with Crippen molar-refractivity contribution in [2.75, 3.05) is 20.2 Å². The number of fused-ring (bicyclic) bond motifs is 1. The number of nitrogens with one attached hydrogen (secondary N) is 2. The van der Waals surface area contributed by atoms with Gasteiger partial charge in [-0.1, -0.05) is 12.1 Å². The molecule has 0 fully saturated rings. The van der Waals surface area contributed by atoms with E-state index in [4.69, 9.17) is 10.00 Å². The lowest BCUT2D eigenvalue weighted by atomic mass is 10.1. The Morgan fingerprint density at radius 1 is 1.43 bits per heavy atom. The largest absolute Gasteiger partial charge is 0.493 e. The third kappa shape index (κ3) is 4.08. The summed E-state index contributed by atoms with van der Waals surface area (Å²) in [4.78, 5) is 7.69. The fourth-order valence-corrected chi connectivity index (χ4v) is 1.91. The van der Waals surface area contributed by atoms with Crippen molar-refractivity contribution in [1.29, 1.82) is 5.26 Å². The summed E-state index contributed by atoms with van der Waals surface area (Å²) in [7, 11) is 1.71. The topological polar surface area (TPSA) is 82.3 Å². The van der Waals surface area contributed by atoms with Gasteiger partial charge in [-0.15, -0.1) is 4.99 Å². The van der Waals surface area contributed by atoms with E-state index in [2.05, 4.69) is 20.6 Å². The Bertz CT molecular complexity index is 657. The number of hydrogen-bond donors (Lipinski definition) is 2. The van der Waals surface area contributed by atoms with E-state index in [1.807, 2.05) is 30.5 Å². The van der Waals surface area contributed by atoms with Crippen LogP contribution < -0.4 is 15.4 Å². The Balaban J connectivity index is 1.83. The molecule has 0 unspecified atom stereocenters. The van der Waals surface area contributed by atoms with Crippen molar-refractivity contribution >= 4 is 16.7 Å². The molecule has 2 rings (SSSR count). The zero-order chi connectivity index (χ0) is 14.9. The molecule has 0 aliphatic carbocycles. The molecule has 2 N–H and O–H groups in total. The normalized spacial score (nSPS) is 11.0. The second-order valence-electron chi connectivity index (χ2n) is 4.29. The summed E-state index contributed by atoms with van der Waals surface area (Å²) in [5, 5.41) is 16.4. The quantitative estimate of drug-likeness (QED) is 0.377. The lowest BCUT2D eigenvalue weighted by Crippen LogP contribution is -2.35. The molecule has 0 bridgehead atoms. The highest BCUT2D eigenvalue weighted by Crippen LogP contribution is 2.24. The van der Waals surface area contributed by atoms with Crippen LogP contribution in [0, 0.1) is 11.5 Å². The molecular formula is C15H17N5O. The molecule has 0 saturated heterocycles. The number of aliphatic imine (C=N–C) groups is 1. The van der Waals surface area contributed by atoms with Crippen LogP contribution in [-0.2, 0) is 0 Å². The Morgan fingerprint density at radius 2 is 2.33 bits per heavy atom. The molecule has 108 valence electrons. The van der Waals surface area contributed by atoms with E-state index < -0.39 is 0 Å². The molecule has 2 aromatic rings. The molecule has 0 saturated carbocycles. The first-order valence-corrected chi connectivity index (χ1v) is 6.69. The smallest absolute Gasteiger partial charge is 0.209 e. The van der Waals surface area contributed by atoms with Crippen LogP contribution in [0.2, 0.25) is 0 Å². The number of hydrogen-bond acceptors (Lipinski definition) is 4. The Labute approximate surface area is 123 Å². The molecule has 21 heavy (non-hydrogen) atoms. The van der Waals surface area contributed by atoms with Crippen molar-refractivity contribution in [3.05, 3.63) is 36.7 Å². The first-order chi connectivity index (χ1) is 10.3. The summed E-state index contributed by atoms with van der Waals surface area (Å²) in [5.41, 5.74) is 0. The minimum Gasteiger partial charge on any atom is -0.493 e. The van der Waals surface area contributed by atoms with E-state index in [1.54, 1.807) is 19.4 Å². The molecule has 1 aromatic carbocycles. The molecule has 1 heterocycles. The highest BCUT2D eigenvalue weighted by molar-refractivity contribution is 5.87. The van der Waals surface area contributed by atoms with Crippen LogP contribution in [0.3, 0.4) is 0 Å². The van der Waals surface area contributed by atoms with E-state index in [9.17, 15) is 0 Å². The van der Waals surface area contributed by atoms with Gasteiger partial charge in [-0.05, 0) is 18.6 Å². The van der Waals surface area contributed by atoms with Crippen molar-refractivity contribution in [1.82, 2.24) is 15.6 Å². The summed E-state index contributed by atoms with van der Waals surface area (Å²) in [6.45, 7) is 1.26. The van der Waals surface area contributed by atoms with Gasteiger partial charge in [0.25, 0.3) is 0 Å². The van der Waals surface area contributed by atoms with Gasteiger partial charge in [0.05, 0.1) is 6.61 Å². The van der Waals surface area contributed by atoms with Crippen LogP contribution in [0.1, 0.15) is 6.42 Å². The fourth-order valence-electron chi connectivity index (χ4n) is 1.91. The molecule has 0 amide bonds. The molecular weight excluding hydrogens is 266 g/mol. The number of pyridine rings is 1. The average Bonchev–Trinajstić information content (AvgIpc) is 2.53. The summed E-state index contributed by atoms with van der Waals surface area (Å²) in [6, 6.07) is 7.86. The molecule has 6 heteroatoms. The van der Waals surface area contributed by atoms with Crippen molar-refractivity contribution in [2.45, 2.75) is 6.42 Å². The molecule has 1 aromatic heterocycles. The zero-order valence-corrected chi connectivity index (χ0v) is 11.8. The van der Waals surface area contributed by atoms with Crippen LogP contribution in [-0.4, -0.2) is 31.1 Å². The predicted molar refractivity (Wildman–Crippen MR) is 82.0 cm³/mol. The second-order valence-corrected chi connectivity index (χ2v) is 4.29. The van der Waals surface area contributed by atoms with E-state index in [-0.39, 0.29) is 0 Å². The average molecular weight is 283 g/mol. The van der Waals surface area contributed by atoms with Gasteiger partial charge in [0.1, 0.15) is 5.75 Å². The predicted octanol–water partition coefficient (Wildman–Crippen LogP) is 1.65. The minimum atomic E-state index is 0.466. The van der Waals surface area contributed by atoms with Gasteiger partial charge in [-0.3, -0.25) is 4.98 Å². The van der Waals surface area contributed by atoms with Crippen LogP contribution >= 0.6 is 0 Å². The SMILES string of the molecule is CN/C(=N/C#N)NCCCOc1cccc2cnccc12. The maximum absolute atomic E-state index is 8.47. The first kappa shape index (κ1) is 14.6. The molecule has 0 radical (unpaired) electrons. The summed E-state index contributed by atoms with van der Waals surface area (Å²) in [5.74, 6) is 1.32. The zero-order valence-electron chi connectivity index (χ0n) is 11.8. The summed E-state index contributed by atoms with van der Waals surface area (Å²) < 4.78 is 5.80. The van der Waals surface area contributed by atoms with Crippen molar-refractivity contribution < 1.29 is 4.74 Å². The standard InChI is InChI=1S/C15H17N5O/c1-17-15(20-11-16)19-7-3-9-21-14-5-2-4-12-10-18-8-6-13(12)14/h2,4-6,8,10H,3,7,9H2,1H3,(H2,17,19,20). The van der Waals surface area contributed by atoms with Crippen LogP contribution in [0.5, 0.6) is 5.75 Å². The van der Waals surface area contributed by atoms with Crippen molar-refractivity contribution in [3.63, 3.8) is 0 Å². The number of nitriles is 1. The minimum absolute atomic E-state index is 0.466. The third-order valence-corrected chi connectivity index (χ3v) is 2.91. The maximum atomic E-state index is 8.47. The molecule has 6 nitrogen and oxygen atoms in total. The monoisotopic (exact) mass is 283 g/mol. The Morgan fingerprint density at radius 3 is 3.14 bits per heavy atom. The molecule has 0 aliphatic rings. The van der Waals surface area contributed by atoms with Crippen molar-refractivity contribution in [3.8, 4) is 11.9 Å². The Hall–Kier alpha value is -2.81. The number of ether oxygens (including phenoxy) is 1. The van der Waals surface area contributed by atoms with E-state index in [0.717, 1.165) is 22.9 Å². The van der Waals surface area contributed by atoms with Crippen molar-refractivity contribution in [2.24, 2.45) is 4.99 Å². The van der Waals surface area contributed by atoms with Crippen LogP contribution in [0.15, 0.2) is 41.7 Å². The third-order valence-electron chi connectivity index (χ3n) is 2.91. The number of nitrogens with zero attached hydrogens (tertiary/aromatic N) is 3.